The highest BCUT2D eigenvalue weighted by Gasteiger charge is 2.22. The molecule has 104 valence electrons. The van der Waals surface area contributed by atoms with Gasteiger partial charge >= 0.3 is 5.97 Å². The maximum Gasteiger partial charge on any atom is 0.357 e. The lowest BCUT2D eigenvalue weighted by atomic mass is 10.2. The summed E-state index contributed by atoms with van der Waals surface area (Å²) in [7, 11) is 1.24. The molecule has 2 rings (SSSR count). The van der Waals surface area contributed by atoms with E-state index < -0.39 is 5.97 Å². The number of hydrogen-bond acceptors (Lipinski definition) is 5. The van der Waals surface area contributed by atoms with E-state index in [9.17, 15) is 4.79 Å². The summed E-state index contributed by atoms with van der Waals surface area (Å²) in [6.07, 6.45) is 1.48. The fourth-order valence-electron chi connectivity index (χ4n) is 1.88. The number of benzene rings is 1. The molecule has 0 saturated carbocycles. The molecule has 0 saturated heterocycles. The maximum absolute atomic E-state index is 11.9. The van der Waals surface area contributed by atoms with Gasteiger partial charge in [-0.2, -0.15) is 10.5 Å². The lowest BCUT2D eigenvalue weighted by Gasteiger charge is -2.10. The number of ether oxygens (including phenoxy) is 1. The van der Waals surface area contributed by atoms with Crippen molar-refractivity contribution < 1.29 is 9.53 Å². The van der Waals surface area contributed by atoms with Crippen LogP contribution >= 0.6 is 22.6 Å². The Labute approximate surface area is 134 Å². The van der Waals surface area contributed by atoms with Crippen molar-refractivity contribution in [1.29, 1.82) is 10.5 Å². The van der Waals surface area contributed by atoms with Gasteiger partial charge in [-0.25, -0.2) is 4.79 Å². The topological polar surface area (TPSA) is 105 Å². The van der Waals surface area contributed by atoms with Gasteiger partial charge in [-0.05, 0) is 40.8 Å². The van der Waals surface area contributed by atoms with Crippen molar-refractivity contribution in [2.24, 2.45) is 0 Å². The number of methoxy groups -OCH3 is 1. The van der Waals surface area contributed by atoms with Crippen molar-refractivity contribution in [1.82, 2.24) is 4.57 Å². The van der Waals surface area contributed by atoms with Crippen LogP contribution < -0.4 is 5.73 Å². The summed E-state index contributed by atoms with van der Waals surface area (Å²) < 4.78 is 6.97. The Hall–Kier alpha value is -2.52. The van der Waals surface area contributed by atoms with Gasteiger partial charge in [0.25, 0.3) is 0 Å². The van der Waals surface area contributed by atoms with E-state index in [0.29, 0.717) is 11.3 Å². The summed E-state index contributed by atoms with van der Waals surface area (Å²) in [5.41, 5.74) is 7.34. The molecule has 1 aromatic carbocycles. The molecule has 0 spiro atoms. The van der Waals surface area contributed by atoms with Crippen LogP contribution in [0.3, 0.4) is 0 Å². The second-order valence-corrected chi connectivity index (χ2v) is 5.22. The largest absolute Gasteiger partial charge is 0.464 e. The molecule has 0 fully saturated rings. The third kappa shape index (κ3) is 2.56. The normalized spacial score (nSPS) is 9.71. The summed E-state index contributed by atoms with van der Waals surface area (Å²) in [6.45, 7) is 0. The summed E-state index contributed by atoms with van der Waals surface area (Å²) in [4.78, 5) is 11.9. The van der Waals surface area contributed by atoms with E-state index in [-0.39, 0.29) is 16.9 Å². The van der Waals surface area contributed by atoms with Gasteiger partial charge in [0, 0.05) is 9.77 Å². The average molecular weight is 392 g/mol. The monoisotopic (exact) mass is 392 g/mol. The third-order valence-electron chi connectivity index (χ3n) is 2.88. The predicted octanol–water partition coefficient (Wildman–Crippen LogP) is 2.19. The first-order valence-corrected chi connectivity index (χ1v) is 6.80. The lowest BCUT2D eigenvalue weighted by Crippen LogP contribution is -2.11. The smallest absolute Gasteiger partial charge is 0.357 e. The van der Waals surface area contributed by atoms with Gasteiger partial charge in [0.1, 0.15) is 6.07 Å². The highest BCUT2D eigenvalue weighted by atomic mass is 127. The molecule has 0 aliphatic carbocycles. The summed E-state index contributed by atoms with van der Waals surface area (Å²) in [5.74, 6) is -0.630. The van der Waals surface area contributed by atoms with Crippen molar-refractivity contribution in [3.63, 3.8) is 0 Å². The van der Waals surface area contributed by atoms with Crippen LogP contribution in [0.4, 0.5) is 5.69 Å². The number of nitrogens with zero attached hydrogens (tertiary/aromatic N) is 3. The minimum Gasteiger partial charge on any atom is -0.464 e. The number of rotatable bonds is 2. The fraction of sp³-hybridized carbons (Fsp3) is 0.0714. The molecule has 6 nitrogen and oxygen atoms in total. The Bertz CT molecular complexity index is 812. The van der Waals surface area contributed by atoms with Gasteiger partial charge in [-0.1, -0.05) is 0 Å². The van der Waals surface area contributed by atoms with Gasteiger partial charge in [-0.15, -0.1) is 0 Å². The van der Waals surface area contributed by atoms with E-state index in [1.807, 2.05) is 12.1 Å². The van der Waals surface area contributed by atoms with Crippen molar-refractivity contribution in [2.45, 2.75) is 0 Å². The Balaban J connectivity index is 2.73. The maximum atomic E-state index is 11.9. The number of halogens is 1. The van der Waals surface area contributed by atoms with E-state index >= 15 is 0 Å². The predicted molar refractivity (Wildman–Crippen MR) is 83.7 cm³/mol. The number of aromatic nitrogens is 1. The highest BCUT2D eigenvalue weighted by Crippen LogP contribution is 2.27. The molecule has 0 aliphatic heterocycles. The summed E-state index contributed by atoms with van der Waals surface area (Å²) >= 11 is 2.05. The molecular formula is C14H9IN4O2. The Morgan fingerprint density at radius 1 is 1.38 bits per heavy atom. The number of nitrogen functional groups attached to an aromatic ring is 1. The Morgan fingerprint density at radius 3 is 2.62 bits per heavy atom. The van der Waals surface area contributed by atoms with E-state index in [0.717, 1.165) is 3.57 Å². The molecule has 2 aromatic rings. The van der Waals surface area contributed by atoms with Crippen molar-refractivity contribution in [3.8, 4) is 17.8 Å². The van der Waals surface area contributed by atoms with Gasteiger partial charge in [-0.3, -0.25) is 0 Å². The first kappa shape index (κ1) is 14.9. The number of carbonyl (C=O) groups is 1. The van der Waals surface area contributed by atoms with Gasteiger partial charge in [0.15, 0.2) is 5.69 Å². The van der Waals surface area contributed by atoms with E-state index in [2.05, 4.69) is 22.6 Å². The number of carbonyl (C=O) groups excluding carboxylic acids is 1. The average Bonchev–Trinajstić information content (AvgIpc) is 2.82. The van der Waals surface area contributed by atoms with Gasteiger partial charge in [0.05, 0.1) is 35.7 Å². The quantitative estimate of drug-likeness (QED) is 0.623. The zero-order chi connectivity index (χ0) is 15.6. The molecule has 0 aliphatic rings. The molecule has 0 radical (unpaired) electrons. The molecule has 0 bridgehead atoms. The third-order valence-corrected chi connectivity index (χ3v) is 3.74. The van der Waals surface area contributed by atoms with E-state index in [1.54, 1.807) is 18.2 Å². The molecule has 21 heavy (non-hydrogen) atoms. The first-order valence-electron chi connectivity index (χ1n) is 5.72. The van der Waals surface area contributed by atoms with Gasteiger partial charge < -0.3 is 15.0 Å². The van der Waals surface area contributed by atoms with Crippen LogP contribution in [-0.2, 0) is 4.74 Å². The van der Waals surface area contributed by atoms with Crippen LogP contribution in [0, 0.1) is 26.2 Å². The molecule has 0 amide bonds. The second kappa shape index (κ2) is 5.85. The number of nitriles is 2. The van der Waals surface area contributed by atoms with E-state index in [4.69, 9.17) is 21.0 Å². The molecule has 2 N–H and O–H groups in total. The SMILES string of the molecule is COC(=O)c1c(N)c(C#N)cn1-c1ccc(C#N)cc1I. The summed E-state index contributed by atoms with van der Waals surface area (Å²) in [5, 5.41) is 18.0. The molecule has 1 aromatic heterocycles. The molecule has 0 atom stereocenters. The van der Waals surface area contributed by atoms with Crippen LogP contribution in [0.5, 0.6) is 0 Å². The van der Waals surface area contributed by atoms with Crippen molar-refractivity contribution >= 4 is 34.2 Å². The lowest BCUT2D eigenvalue weighted by molar-refractivity contribution is 0.0593. The number of hydrogen-bond donors (Lipinski definition) is 1. The fourth-order valence-corrected chi connectivity index (χ4v) is 2.65. The van der Waals surface area contributed by atoms with Crippen molar-refractivity contribution in [3.05, 3.63) is 44.8 Å². The zero-order valence-electron chi connectivity index (χ0n) is 10.9. The summed E-state index contributed by atoms with van der Waals surface area (Å²) in [6, 6.07) is 8.97. The first-order chi connectivity index (χ1) is 10.0. The molecule has 1 heterocycles. The molecule has 0 unspecified atom stereocenters. The Kier molecular flexibility index (Phi) is 4.15. The van der Waals surface area contributed by atoms with Crippen molar-refractivity contribution in [2.75, 3.05) is 12.8 Å². The van der Waals surface area contributed by atoms with E-state index in [1.165, 1.54) is 17.9 Å². The number of esters is 1. The van der Waals surface area contributed by atoms with Crippen LogP contribution in [0.1, 0.15) is 21.6 Å². The number of anilines is 1. The van der Waals surface area contributed by atoms with Crippen LogP contribution in [0.15, 0.2) is 24.4 Å². The van der Waals surface area contributed by atoms with Crippen LogP contribution in [-0.4, -0.2) is 17.6 Å². The minimum absolute atomic E-state index is 0.0736. The Morgan fingerprint density at radius 2 is 2.10 bits per heavy atom. The standard InChI is InChI=1S/C14H9IN4O2/c1-21-14(20)13-12(18)9(6-17)7-19(13)11-3-2-8(5-16)4-10(11)15/h2-4,7H,18H2,1H3. The zero-order valence-corrected chi connectivity index (χ0v) is 13.1. The highest BCUT2D eigenvalue weighted by molar-refractivity contribution is 14.1. The second-order valence-electron chi connectivity index (χ2n) is 4.06. The minimum atomic E-state index is -0.630. The van der Waals surface area contributed by atoms with Crippen LogP contribution in [0.2, 0.25) is 0 Å². The van der Waals surface area contributed by atoms with Gasteiger partial charge in [0.2, 0.25) is 0 Å². The number of nitrogens with two attached hydrogens (primary N) is 1. The molecule has 7 heteroatoms. The van der Waals surface area contributed by atoms with Crippen LogP contribution in [0.25, 0.3) is 5.69 Å². The molecular weight excluding hydrogens is 383 g/mol.